The molecule has 0 saturated heterocycles. The summed E-state index contributed by atoms with van der Waals surface area (Å²) in [6, 6.07) is 0. The van der Waals surface area contributed by atoms with Crippen LogP contribution in [0.3, 0.4) is 0 Å². The number of hydrogen-bond acceptors (Lipinski definition) is 7. The second kappa shape index (κ2) is 9.60. The molecule has 0 aliphatic rings. The zero-order chi connectivity index (χ0) is 15.9. The van der Waals surface area contributed by atoms with E-state index >= 15 is 0 Å². The molecule has 0 radical (unpaired) electrons. The van der Waals surface area contributed by atoms with Gasteiger partial charge in [0.05, 0.1) is 12.2 Å². The fraction of sp³-hybridized carbons (Fsp3) is 0.714. The van der Waals surface area contributed by atoms with Crippen LogP contribution in [0.4, 0.5) is 0 Å². The number of carbonyl (C=O) groups is 2. The summed E-state index contributed by atoms with van der Waals surface area (Å²) in [5, 5.41) is 13.9. The van der Waals surface area contributed by atoms with Gasteiger partial charge in [0.2, 0.25) is 0 Å². The molecule has 20 heavy (non-hydrogen) atoms. The summed E-state index contributed by atoms with van der Waals surface area (Å²) < 4.78 is 56.0. The van der Waals surface area contributed by atoms with Crippen molar-refractivity contribution >= 4 is 32.2 Å². The zero-order valence-corrected chi connectivity index (χ0v) is 11.0. The van der Waals surface area contributed by atoms with Crippen LogP contribution in [0.2, 0.25) is 0 Å². The topological polar surface area (TPSA) is 209 Å². The first-order valence-electron chi connectivity index (χ1n) is 4.37. The average molecular weight is 339 g/mol. The highest BCUT2D eigenvalue weighted by Gasteiger charge is 2.33. The predicted octanol–water partition coefficient (Wildman–Crippen LogP) is -1.73. The lowest BCUT2D eigenvalue weighted by Crippen LogP contribution is -2.31. The lowest BCUT2D eigenvalue weighted by atomic mass is 10.3. The summed E-state index contributed by atoms with van der Waals surface area (Å²) >= 11 is 0. The summed E-state index contributed by atoms with van der Waals surface area (Å²) in [6.07, 6.45) is -1.16. The first-order valence-corrected chi connectivity index (χ1v) is 7.48. The van der Waals surface area contributed by atoms with Crippen molar-refractivity contribution in [2.24, 2.45) is 5.73 Å². The van der Waals surface area contributed by atoms with Gasteiger partial charge in [-0.05, 0) is 0 Å². The molecular formula is C7H17NO10S2. The van der Waals surface area contributed by atoms with Gasteiger partial charge in [-0.1, -0.05) is 7.43 Å². The molecule has 0 aromatic rings. The number of carboxylic acids is 2. The van der Waals surface area contributed by atoms with Gasteiger partial charge in [-0.2, -0.15) is 16.8 Å². The second-order valence-electron chi connectivity index (χ2n) is 3.01. The highest BCUT2D eigenvalue weighted by molar-refractivity contribution is 7.87. The molecule has 0 aromatic heterocycles. The van der Waals surface area contributed by atoms with Crippen molar-refractivity contribution in [3.8, 4) is 0 Å². The molecule has 0 aliphatic heterocycles. The molecule has 0 heterocycles. The minimum Gasteiger partial charge on any atom is -0.481 e. The molecule has 0 saturated carbocycles. The molecule has 1 atom stereocenters. The van der Waals surface area contributed by atoms with Crippen LogP contribution in [0, 0.1) is 0 Å². The molecule has 0 amide bonds. The summed E-state index contributed by atoms with van der Waals surface area (Å²) in [4.78, 5) is 20.0. The fourth-order valence-corrected chi connectivity index (χ4v) is 1.53. The smallest absolute Gasteiger partial charge is 0.325 e. The van der Waals surface area contributed by atoms with Crippen LogP contribution in [-0.2, 0) is 29.8 Å². The molecular weight excluding hydrogens is 322 g/mol. The average Bonchev–Trinajstić information content (AvgIpc) is 2.10. The van der Waals surface area contributed by atoms with Gasteiger partial charge in [0.25, 0.3) is 20.2 Å². The van der Waals surface area contributed by atoms with E-state index in [0.29, 0.717) is 0 Å². The maximum Gasteiger partial charge on any atom is 0.325 e. The molecule has 11 nitrogen and oxygen atoms in total. The van der Waals surface area contributed by atoms with Crippen molar-refractivity contribution in [1.29, 1.82) is 0 Å². The van der Waals surface area contributed by atoms with Crippen molar-refractivity contribution < 1.29 is 45.7 Å². The van der Waals surface area contributed by atoms with Crippen molar-refractivity contribution in [3.63, 3.8) is 0 Å². The van der Waals surface area contributed by atoms with Gasteiger partial charge in [-0.15, -0.1) is 0 Å². The first kappa shape index (κ1) is 23.8. The second-order valence-corrected chi connectivity index (χ2v) is 6.19. The number of rotatable bonds is 6. The van der Waals surface area contributed by atoms with E-state index in [1.807, 2.05) is 0 Å². The third kappa shape index (κ3) is 14.8. The number of hydrogen-bond donors (Lipinski definition) is 5. The largest absolute Gasteiger partial charge is 0.481 e. The molecule has 0 spiro atoms. The van der Waals surface area contributed by atoms with E-state index in [2.05, 4.69) is 0 Å². The molecule has 1 unspecified atom stereocenters. The Hall–Kier alpha value is -1.28. The molecule has 0 bridgehead atoms. The van der Waals surface area contributed by atoms with Crippen LogP contribution >= 0.6 is 0 Å². The summed E-state index contributed by atoms with van der Waals surface area (Å²) in [6.45, 7) is -0.0289. The van der Waals surface area contributed by atoms with Gasteiger partial charge in [-0.3, -0.25) is 18.7 Å². The Kier molecular flexibility index (Phi) is 11.4. The van der Waals surface area contributed by atoms with E-state index in [9.17, 15) is 26.4 Å². The fourth-order valence-electron chi connectivity index (χ4n) is 0.628. The Morgan fingerprint density at radius 3 is 1.50 bits per heavy atom. The van der Waals surface area contributed by atoms with Crippen molar-refractivity contribution in [1.82, 2.24) is 0 Å². The summed E-state index contributed by atoms with van der Waals surface area (Å²) in [5.41, 5.74) is 4.78. The Labute approximate surface area is 115 Å². The van der Waals surface area contributed by atoms with Crippen LogP contribution in [-0.4, -0.2) is 65.6 Å². The Morgan fingerprint density at radius 1 is 1.05 bits per heavy atom. The summed E-state index contributed by atoms with van der Waals surface area (Å²) in [7, 11) is -8.64. The highest BCUT2D eigenvalue weighted by atomic mass is 32.2. The maximum atomic E-state index is 10.2. The molecule has 13 heteroatoms. The van der Waals surface area contributed by atoms with Crippen molar-refractivity contribution in [2.45, 2.75) is 19.1 Å². The van der Waals surface area contributed by atoms with Crippen LogP contribution in [0.15, 0.2) is 0 Å². The van der Waals surface area contributed by atoms with Gasteiger partial charge in [0, 0.05) is 6.54 Å². The van der Waals surface area contributed by atoms with Gasteiger partial charge >= 0.3 is 11.9 Å². The Bertz CT molecular complexity index is 508. The standard InChI is InChI=1S/C4H6O7S.C2H7NO3S.CH4/c5-3(6)1-2(4(7)8)12(9,10)11;3-1-2-7(4,5)6;/h2H,1H2,(H,5,6)(H,7,8)(H,9,10,11);1-3H2,(H,4,5,6);1H4. The van der Waals surface area contributed by atoms with Crippen LogP contribution in [0.5, 0.6) is 0 Å². The van der Waals surface area contributed by atoms with Crippen LogP contribution in [0.1, 0.15) is 13.8 Å². The lowest BCUT2D eigenvalue weighted by Gasteiger charge is -2.04. The van der Waals surface area contributed by atoms with E-state index in [0.717, 1.165) is 0 Å². The van der Waals surface area contributed by atoms with Gasteiger partial charge in [0.15, 0.2) is 5.25 Å². The van der Waals surface area contributed by atoms with E-state index in [4.69, 9.17) is 25.1 Å². The minimum atomic E-state index is -4.84. The molecule has 6 N–H and O–H groups in total. The number of nitrogens with two attached hydrogens (primary N) is 1. The Balaban J connectivity index is -0.000000312. The first-order chi connectivity index (χ1) is 8.31. The van der Waals surface area contributed by atoms with E-state index in [1.54, 1.807) is 0 Å². The lowest BCUT2D eigenvalue weighted by molar-refractivity contribution is -0.143. The van der Waals surface area contributed by atoms with Crippen LogP contribution < -0.4 is 5.73 Å². The predicted molar refractivity (Wildman–Crippen MR) is 67.4 cm³/mol. The van der Waals surface area contributed by atoms with Gasteiger partial charge in [-0.25, -0.2) is 0 Å². The molecule has 0 aromatic carbocycles. The normalized spacial score (nSPS) is 12.3. The minimum absolute atomic E-state index is 0. The number of aliphatic carboxylic acids is 2. The summed E-state index contributed by atoms with van der Waals surface area (Å²) in [5.74, 6) is -3.85. The third-order valence-corrected chi connectivity index (χ3v) is 3.21. The van der Waals surface area contributed by atoms with Gasteiger partial charge < -0.3 is 15.9 Å². The SMILES string of the molecule is C.NCCS(=O)(=O)O.O=C(O)CC(C(=O)O)S(=O)(=O)O. The molecule has 0 rings (SSSR count). The zero-order valence-electron chi connectivity index (χ0n) is 9.33. The van der Waals surface area contributed by atoms with Crippen molar-refractivity contribution in [2.75, 3.05) is 12.3 Å². The highest BCUT2D eigenvalue weighted by Crippen LogP contribution is 2.04. The van der Waals surface area contributed by atoms with Gasteiger partial charge in [0.1, 0.15) is 0 Å². The number of carboxylic acid groups (broad SMARTS) is 2. The molecule has 0 fully saturated rings. The van der Waals surface area contributed by atoms with Crippen molar-refractivity contribution in [3.05, 3.63) is 0 Å². The quantitative estimate of drug-likeness (QED) is 0.343. The monoisotopic (exact) mass is 339 g/mol. The van der Waals surface area contributed by atoms with E-state index in [-0.39, 0.29) is 19.7 Å². The maximum absolute atomic E-state index is 10.2. The third-order valence-electron chi connectivity index (χ3n) is 1.37. The Morgan fingerprint density at radius 2 is 1.45 bits per heavy atom. The van der Waals surface area contributed by atoms with Crippen LogP contribution in [0.25, 0.3) is 0 Å². The van der Waals surface area contributed by atoms with E-state index in [1.165, 1.54) is 0 Å². The molecule has 0 aliphatic carbocycles. The van der Waals surface area contributed by atoms with E-state index < -0.39 is 43.8 Å². The molecule has 122 valence electrons.